The number of carbonyl (C=O) groups excluding carboxylic acids is 2. The second-order valence-electron chi connectivity index (χ2n) is 3.51. The lowest BCUT2D eigenvalue weighted by Crippen LogP contribution is -2.28. The molecule has 0 aliphatic heterocycles. The van der Waals surface area contributed by atoms with Crippen molar-refractivity contribution in [2.75, 3.05) is 25.5 Å². The van der Waals surface area contributed by atoms with Crippen LogP contribution in [0, 0.1) is 12.3 Å². The predicted octanol–water partition coefficient (Wildman–Crippen LogP) is 0.207. The highest BCUT2D eigenvalue weighted by molar-refractivity contribution is 5.96. The molecule has 2 amide bonds. The summed E-state index contributed by atoms with van der Waals surface area (Å²) in [6, 6.07) is 6.62. The summed E-state index contributed by atoms with van der Waals surface area (Å²) in [5.74, 6) is 2.03. The molecular weight excluding hydrogens is 230 g/mol. The predicted molar refractivity (Wildman–Crippen MR) is 70.2 cm³/mol. The molecule has 0 aliphatic rings. The molecule has 0 heterocycles. The van der Waals surface area contributed by atoms with Crippen LogP contribution in [0.1, 0.15) is 10.4 Å². The van der Waals surface area contributed by atoms with Crippen molar-refractivity contribution in [2.24, 2.45) is 0 Å². The van der Waals surface area contributed by atoms with Crippen LogP contribution in [0.25, 0.3) is 0 Å². The maximum Gasteiger partial charge on any atom is 0.251 e. The summed E-state index contributed by atoms with van der Waals surface area (Å²) in [7, 11) is 1.56. The number of terminal acetylenes is 1. The van der Waals surface area contributed by atoms with Crippen LogP contribution in [0.5, 0.6) is 0 Å². The Morgan fingerprint density at radius 3 is 2.50 bits per heavy atom. The molecule has 0 radical (unpaired) electrons. The average molecular weight is 245 g/mol. The highest BCUT2D eigenvalue weighted by atomic mass is 16.2. The van der Waals surface area contributed by atoms with Crippen LogP contribution in [-0.4, -0.2) is 32.0 Å². The Morgan fingerprint density at radius 1 is 1.28 bits per heavy atom. The SMILES string of the molecule is C#CCNCC(=O)Nc1ccc(C(=O)NC)cc1. The minimum atomic E-state index is -0.182. The Morgan fingerprint density at radius 2 is 1.94 bits per heavy atom. The Kier molecular flexibility index (Phi) is 5.42. The smallest absolute Gasteiger partial charge is 0.251 e. The summed E-state index contributed by atoms with van der Waals surface area (Å²) in [6.45, 7) is 0.504. The van der Waals surface area contributed by atoms with Crippen molar-refractivity contribution >= 4 is 17.5 Å². The van der Waals surface area contributed by atoms with Gasteiger partial charge in [-0.2, -0.15) is 0 Å². The van der Waals surface area contributed by atoms with Gasteiger partial charge in [0, 0.05) is 18.3 Å². The molecule has 18 heavy (non-hydrogen) atoms. The molecule has 1 rings (SSSR count). The molecule has 0 aliphatic carbocycles. The third kappa shape index (κ3) is 4.28. The third-order valence-corrected chi connectivity index (χ3v) is 2.17. The van der Waals surface area contributed by atoms with E-state index in [1.54, 1.807) is 31.3 Å². The lowest BCUT2D eigenvalue weighted by atomic mass is 10.2. The van der Waals surface area contributed by atoms with Gasteiger partial charge >= 0.3 is 0 Å². The Bertz CT molecular complexity index is 460. The first-order valence-corrected chi connectivity index (χ1v) is 5.43. The van der Waals surface area contributed by atoms with Gasteiger partial charge in [0.15, 0.2) is 0 Å². The number of benzene rings is 1. The van der Waals surface area contributed by atoms with E-state index in [9.17, 15) is 9.59 Å². The van der Waals surface area contributed by atoms with Crippen LogP contribution in [-0.2, 0) is 4.79 Å². The van der Waals surface area contributed by atoms with Gasteiger partial charge in [0.2, 0.25) is 5.91 Å². The Labute approximate surface area is 106 Å². The van der Waals surface area contributed by atoms with E-state index in [1.165, 1.54) is 0 Å². The number of anilines is 1. The Balaban J connectivity index is 2.51. The van der Waals surface area contributed by atoms with E-state index in [1.807, 2.05) is 0 Å². The molecule has 0 fully saturated rings. The lowest BCUT2D eigenvalue weighted by molar-refractivity contribution is -0.115. The molecule has 0 saturated carbocycles. The van der Waals surface area contributed by atoms with E-state index in [0.29, 0.717) is 17.8 Å². The van der Waals surface area contributed by atoms with Crippen LogP contribution >= 0.6 is 0 Å². The van der Waals surface area contributed by atoms with Gasteiger partial charge in [0.25, 0.3) is 5.91 Å². The number of carbonyl (C=O) groups is 2. The van der Waals surface area contributed by atoms with Crippen molar-refractivity contribution in [1.29, 1.82) is 0 Å². The lowest BCUT2D eigenvalue weighted by Gasteiger charge is -2.06. The van der Waals surface area contributed by atoms with E-state index >= 15 is 0 Å². The first-order chi connectivity index (χ1) is 8.67. The number of rotatable bonds is 5. The maximum atomic E-state index is 11.4. The minimum Gasteiger partial charge on any atom is -0.355 e. The summed E-state index contributed by atoms with van der Waals surface area (Å²) in [5, 5.41) is 7.99. The van der Waals surface area contributed by atoms with Gasteiger partial charge in [-0.1, -0.05) is 5.92 Å². The van der Waals surface area contributed by atoms with Gasteiger partial charge in [0.05, 0.1) is 13.1 Å². The topological polar surface area (TPSA) is 70.2 Å². The van der Waals surface area contributed by atoms with Gasteiger partial charge < -0.3 is 10.6 Å². The second kappa shape index (κ2) is 7.09. The van der Waals surface area contributed by atoms with E-state index in [4.69, 9.17) is 6.42 Å². The molecule has 0 aromatic heterocycles. The molecule has 1 aromatic rings. The van der Waals surface area contributed by atoms with Crippen LogP contribution in [0.2, 0.25) is 0 Å². The summed E-state index contributed by atoms with van der Waals surface area (Å²) in [5.41, 5.74) is 1.18. The molecule has 0 atom stereocenters. The van der Waals surface area contributed by atoms with E-state index in [2.05, 4.69) is 21.9 Å². The fraction of sp³-hybridized carbons (Fsp3) is 0.231. The van der Waals surface area contributed by atoms with Gasteiger partial charge in [-0.15, -0.1) is 6.42 Å². The monoisotopic (exact) mass is 245 g/mol. The molecule has 5 heteroatoms. The van der Waals surface area contributed by atoms with Gasteiger partial charge in [-0.05, 0) is 24.3 Å². The maximum absolute atomic E-state index is 11.4. The summed E-state index contributed by atoms with van der Waals surface area (Å²) in [6.07, 6.45) is 5.04. The largest absolute Gasteiger partial charge is 0.355 e. The molecule has 5 nitrogen and oxygen atoms in total. The zero-order valence-corrected chi connectivity index (χ0v) is 10.1. The van der Waals surface area contributed by atoms with Crippen molar-refractivity contribution in [3.63, 3.8) is 0 Å². The van der Waals surface area contributed by atoms with Gasteiger partial charge in [0.1, 0.15) is 0 Å². The number of nitrogens with one attached hydrogen (secondary N) is 3. The van der Waals surface area contributed by atoms with Crippen molar-refractivity contribution in [3.8, 4) is 12.3 Å². The summed E-state index contributed by atoms with van der Waals surface area (Å²) < 4.78 is 0. The second-order valence-corrected chi connectivity index (χ2v) is 3.51. The first-order valence-electron chi connectivity index (χ1n) is 5.43. The average Bonchev–Trinajstić information content (AvgIpc) is 2.39. The van der Waals surface area contributed by atoms with Crippen molar-refractivity contribution in [1.82, 2.24) is 10.6 Å². The number of amides is 2. The quantitative estimate of drug-likeness (QED) is 0.513. The van der Waals surface area contributed by atoms with Crippen LogP contribution < -0.4 is 16.0 Å². The van der Waals surface area contributed by atoms with Crippen molar-refractivity contribution < 1.29 is 9.59 Å². The molecule has 3 N–H and O–H groups in total. The fourth-order valence-corrected chi connectivity index (χ4v) is 1.30. The Hall–Kier alpha value is -2.32. The molecule has 0 spiro atoms. The van der Waals surface area contributed by atoms with Crippen LogP contribution in [0.15, 0.2) is 24.3 Å². The van der Waals surface area contributed by atoms with Crippen molar-refractivity contribution in [2.45, 2.75) is 0 Å². The van der Waals surface area contributed by atoms with E-state index < -0.39 is 0 Å². The number of hydrogen-bond acceptors (Lipinski definition) is 3. The van der Waals surface area contributed by atoms with E-state index in [0.717, 1.165) is 0 Å². The molecule has 0 unspecified atom stereocenters. The molecular formula is C13H15N3O2. The zero-order valence-electron chi connectivity index (χ0n) is 10.1. The van der Waals surface area contributed by atoms with Crippen LogP contribution in [0.4, 0.5) is 5.69 Å². The van der Waals surface area contributed by atoms with Gasteiger partial charge in [-0.3, -0.25) is 14.9 Å². The molecule has 1 aromatic carbocycles. The third-order valence-electron chi connectivity index (χ3n) is 2.17. The fourth-order valence-electron chi connectivity index (χ4n) is 1.30. The van der Waals surface area contributed by atoms with Gasteiger partial charge in [-0.25, -0.2) is 0 Å². The zero-order chi connectivity index (χ0) is 13.4. The minimum absolute atomic E-state index is 0.154. The molecule has 0 saturated heterocycles. The first kappa shape index (κ1) is 13.7. The standard InChI is InChI=1S/C13H15N3O2/c1-3-8-15-9-12(17)16-11-6-4-10(5-7-11)13(18)14-2/h1,4-7,15H,8-9H2,2H3,(H,14,18)(H,16,17). The summed E-state index contributed by atoms with van der Waals surface area (Å²) >= 11 is 0. The highest BCUT2D eigenvalue weighted by Gasteiger charge is 2.04. The highest BCUT2D eigenvalue weighted by Crippen LogP contribution is 2.09. The number of hydrogen-bond donors (Lipinski definition) is 3. The van der Waals surface area contributed by atoms with Crippen molar-refractivity contribution in [3.05, 3.63) is 29.8 Å². The van der Waals surface area contributed by atoms with Crippen LogP contribution in [0.3, 0.4) is 0 Å². The normalized spacial score (nSPS) is 9.33. The molecule has 0 bridgehead atoms. The van der Waals surface area contributed by atoms with E-state index in [-0.39, 0.29) is 18.4 Å². The summed E-state index contributed by atoms with van der Waals surface area (Å²) in [4.78, 5) is 22.7. The molecule has 94 valence electrons.